The standard InChI is InChI=1S/C13H19ClN2/c1-2-16(13-6-7-15-9-13)10-11-4-3-5-12(14)8-11/h3-5,8,13,15H,2,6-7,9-10H2,1H3. The summed E-state index contributed by atoms with van der Waals surface area (Å²) < 4.78 is 0. The normalized spacial score (nSPS) is 20.6. The van der Waals surface area contributed by atoms with Crippen LogP contribution in [0.1, 0.15) is 18.9 Å². The highest BCUT2D eigenvalue weighted by Crippen LogP contribution is 2.16. The van der Waals surface area contributed by atoms with Gasteiger partial charge in [-0.3, -0.25) is 4.90 Å². The monoisotopic (exact) mass is 238 g/mol. The maximum atomic E-state index is 6.00. The van der Waals surface area contributed by atoms with Gasteiger partial charge in [0.05, 0.1) is 0 Å². The predicted molar refractivity (Wildman–Crippen MR) is 68.8 cm³/mol. The van der Waals surface area contributed by atoms with Gasteiger partial charge in [0.1, 0.15) is 0 Å². The van der Waals surface area contributed by atoms with Crippen LogP contribution in [0.15, 0.2) is 24.3 Å². The lowest BCUT2D eigenvalue weighted by molar-refractivity contribution is 0.210. The molecule has 16 heavy (non-hydrogen) atoms. The molecule has 1 aliphatic rings. The van der Waals surface area contributed by atoms with Crippen molar-refractivity contribution >= 4 is 11.6 Å². The molecule has 1 N–H and O–H groups in total. The molecule has 0 amide bonds. The van der Waals surface area contributed by atoms with Crippen LogP contribution in [0.3, 0.4) is 0 Å². The molecule has 1 heterocycles. The van der Waals surface area contributed by atoms with Crippen LogP contribution in [0.5, 0.6) is 0 Å². The first kappa shape index (κ1) is 11.9. The third-order valence-electron chi connectivity index (χ3n) is 3.23. The summed E-state index contributed by atoms with van der Waals surface area (Å²) in [5.41, 5.74) is 1.31. The fourth-order valence-electron chi connectivity index (χ4n) is 2.32. The molecule has 2 rings (SSSR count). The van der Waals surface area contributed by atoms with E-state index in [2.05, 4.69) is 29.3 Å². The first-order valence-corrected chi connectivity index (χ1v) is 6.36. The fourth-order valence-corrected chi connectivity index (χ4v) is 2.53. The van der Waals surface area contributed by atoms with Crippen LogP contribution in [0.2, 0.25) is 5.02 Å². The van der Waals surface area contributed by atoms with E-state index in [0.29, 0.717) is 6.04 Å². The van der Waals surface area contributed by atoms with Crippen molar-refractivity contribution in [3.63, 3.8) is 0 Å². The molecule has 3 heteroatoms. The Kier molecular flexibility index (Phi) is 4.22. The number of rotatable bonds is 4. The minimum absolute atomic E-state index is 0.684. The van der Waals surface area contributed by atoms with Crippen LogP contribution in [0.4, 0.5) is 0 Å². The van der Waals surface area contributed by atoms with Gasteiger partial charge in [-0.15, -0.1) is 0 Å². The molecule has 0 aromatic heterocycles. The second-order valence-electron chi connectivity index (χ2n) is 4.34. The Morgan fingerprint density at radius 2 is 2.38 bits per heavy atom. The summed E-state index contributed by atoms with van der Waals surface area (Å²) in [4.78, 5) is 2.52. The van der Waals surface area contributed by atoms with Gasteiger partial charge < -0.3 is 5.32 Å². The summed E-state index contributed by atoms with van der Waals surface area (Å²) in [5.74, 6) is 0. The highest BCUT2D eigenvalue weighted by Gasteiger charge is 2.20. The molecular formula is C13H19ClN2. The number of benzene rings is 1. The highest BCUT2D eigenvalue weighted by atomic mass is 35.5. The molecule has 1 aliphatic heterocycles. The molecule has 2 nitrogen and oxygen atoms in total. The van der Waals surface area contributed by atoms with E-state index in [4.69, 9.17) is 11.6 Å². The van der Waals surface area contributed by atoms with E-state index in [0.717, 1.165) is 31.2 Å². The van der Waals surface area contributed by atoms with Gasteiger partial charge in [0, 0.05) is 24.2 Å². The number of hydrogen-bond donors (Lipinski definition) is 1. The zero-order valence-electron chi connectivity index (χ0n) is 9.75. The van der Waals surface area contributed by atoms with E-state index in [1.807, 2.05) is 12.1 Å². The number of halogens is 1. The number of nitrogens with zero attached hydrogens (tertiary/aromatic N) is 1. The van der Waals surface area contributed by atoms with Crippen LogP contribution >= 0.6 is 11.6 Å². The zero-order chi connectivity index (χ0) is 11.4. The van der Waals surface area contributed by atoms with Crippen LogP contribution in [0.25, 0.3) is 0 Å². The van der Waals surface area contributed by atoms with Gasteiger partial charge in [0.25, 0.3) is 0 Å². The molecule has 1 aromatic carbocycles. The van der Waals surface area contributed by atoms with Gasteiger partial charge in [-0.1, -0.05) is 30.7 Å². The number of hydrogen-bond acceptors (Lipinski definition) is 2. The summed E-state index contributed by atoms with van der Waals surface area (Å²) in [6.07, 6.45) is 1.26. The van der Waals surface area contributed by atoms with Crippen molar-refractivity contribution in [1.29, 1.82) is 0 Å². The van der Waals surface area contributed by atoms with Gasteiger partial charge in [-0.25, -0.2) is 0 Å². The summed E-state index contributed by atoms with van der Waals surface area (Å²) >= 11 is 6.00. The lowest BCUT2D eigenvalue weighted by Gasteiger charge is -2.26. The lowest BCUT2D eigenvalue weighted by Crippen LogP contribution is -2.36. The summed E-state index contributed by atoms with van der Waals surface area (Å²) in [7, 11) is 0. The van der Waals surface area contributed by atoms with E-state index in [1.54, 1.807) is 0 Å². The van der Waals surface area contributed by atoms with Crippen LogP contribution in [0, 0.1) is 0 Å². The molecular weight excluding hydrogens is 220 g/mol. The van der Waals surface area contributed by atoms with Gasteiger partial charge >= 0.3 is 0 Å². The van der Waals surface area contributed by atoms with Crippen LogP contribution in [-0.2, 0) is 6.54 Å². The van der Waals surface area contributed by atoms with Gasteiger partial charge in [-0.2, -0.15) is 0 Å². The SMILES string of the molecule is CCN(Cc1cccc(Cl)c1)C1CCNC1. The first-order chi connectivity index (χ1) is 7.79. The molecule has 88 valence electrons. The van der Waals surface area contributed by atoms with Crippen LogP contribution in [-0.4, -0.2) is 30.6 Å². The smallest absolute Gasteiger partial charge is 0.0409 e. The van der Waals surface area contributed by atoms with Crippen LogP contribution < -0.4 is 5.32 Å². The van der Waals surface area contributed by atoms with Crippen molar-refractivity contribution in [1.82, 2.24) is 10.2 Å². The zero-order valence-corrected chi connectivity index (χ0v) is 10.5. The van der Waals surface area contributed by atoms with Crippen molar-refractivity contribution in [3.05, 3.63) is 34.9 Å². The quantitative estimate of drug-likeness (QED) is 0.867. The Hall–Kier alpha value is -0.570. The highest BCUT2D eigenvalue weighted by molar-refractivity contribution is 6.30. The minimum Gasteiger partial charge on any atom is -0.315 e. The predicted octanol–water partition coefficient (Wildman–Crippen LogP) is 2.52. The Morgan fingerprint density at radius 3 is 3.00 bits per heavy atom. The summed E-state index contributed by atoms with van der Waals surface area (Å²) in [6, 6.07) is 8.85. The molecule has 0 spiro atoms. The Bertz CT molecular complexity index is 334. The van der Waals surface area contributed by atoms with Gasteiger partial charge in [0.2, 0.25) is 0 Å². The first-order valence-electron chi connectivity index (χ1n) is 5.99. The topological polar surface area (TPSA) is 15.3 Å². The molecule has 1 unspecified atom stereocenters. The van der Waals surface area contributed by atoms with Gasteiger partial charge in [0.15, 0.2) is 0 Å². The summed E-state index contributed by atoms with van der Waals surface area (Å²) in [5, 5.41) is 4.25. The molecule has 1 atom stereocenters. The second-order valence-corrected chi connectivity index (χ2v) is 4.78. The molecule has 0 radical (unpaired) electrons. The van der Waals surface area contributed by atoms with Crippen molar-refractivity contribution in [3.8, 4) is 0 Å². The number of nitrogens with one attached hydrogen (secondary N) is 1. The lowest BCUT2D eigenvalue weighted by atomic mass is 10.1. The van der Waals surface area contributed by atoms with E-state index in [9.17, 15) is 0 Å². The molecule has 0 bridgehead atoms. The summed E-state index contributed by atoms with van der Waals surface area (Å²) in [6.45, 7) is 6.59. The Morgan fingerprint density at radius 1 is 1.50 bits per heavy atom. The largest absolute Gasteiger partial charge is 0.315 e. The maximum Gasteiger partial charge on any atom is 0.0409 e. The molecule has 1 fully saturated rings. The van der Waals surface area contributed by atoms with Crippen molar-refractivity contribution in [2.45, 2.75) is 25.9 Å². The van der Waals surface area contributed by atoms with Gasteiger partial charge in [-0.05, 0) is 37.2 Å². The second kappa shape index (κ2) is 5.67. The Balaban J connectivity index is 2.00. The molecule has 0 saturated carbocycles. The van der Waals surface area contributed by atoms with E-state index >= 15 is 0 Å². The molecule has 1 aromatic rings. The third-order valence-corrected chi connectivity index (χ3v) is 3.47. The molecule has 0 aliphatic carbocycles. The van der Waals surface area contributed by atoms with Crippen molar-refractivity contribution < 1.29 is 0 Å². The average Bonchev–Trinajstić information content (AvgIpc) is 2.79. The Labute approximate surface area is 103 Å². The maximum absolute atomic E-state index is 6.00. The number of likely N-dealkylation sites (N-methyl/N-ethyl adjacent to an activating group) is 1. The molecule has 1 saturated heterocycles. The van der Waals surface area contributed by atoms with Crippen molar-refractivity contribution in [2.24, 2.45) is 0 Å². The van der Waals surface area contributed by atoms with E-state index < -0.39 is 0 Å². The van der Waals surface area contributed by atoms with E-state index in [-0.39, 0.29) is 0 Å². The van der Waals surface area contributed by atoms with Crippen molar-refractivity contribution in [2.75, 3.05) is 19.6 Å². The minimum atomic E-state index is 0.684. The third kappa shape index (κ3) is 2.97. The fraction of sp³-hybridized carbons (Fsp3) is 0.538. The average molecular weight is 239 g/mol. The van der Waals surface area contributed by atoms with E-state index in [1.165, 1.54) is 12.0 Å².